The number of phenols is 1. The van der Waals surface area contributed by atoms with Crippen LogP contribution >= 0.6 is 0 Å². The normalized spacial score (nSPS) is 13.3. The van der Waals surface area contributed by atoms with E-state index >= 15 is 0 Å². The van der Waals surface area contributed by atoms with Crippen LogP contribution in [0.2, 0.25) is 0 Å². The number of carboxylic acid groups (broad SMARTS) is 1. The molecule has 4 aromatic rings. The van der Waals surface area contributed by atoms with E-state index in [1.807, 2.05) is 43.3 Å². The standard InChI is InChI=1S/C49H67N7O7/c1-6-7-8-9-10-14-43(58)51-27-12-11-13-40(54-45(59)39(50)30-37-31-52-44(53-37)35-21-23-36(24-22-35)49(3,4)5)46(60)55-41(28-33-17-15-32(2)16-18-33)47(61)56-42(48(62)63)29-34-19-25-38(57)26-20-34/h15-26,31,39-42,57H,6-14,27-30,50H2,1-5H3,(H,51,58)(H,52,53)(H,54,59)(H,55,60)(H,56,61)(H,62,63). The highest BCUT2D eigenvalue weighted by atomic mass is 16.4. The first-order chi connectivity index (χ1) is 30.0. The first-order valence-corrected chi connectivity index (χ1v) is 22.2. The lowest BCUT2D eigenvalue weighted by Gasteiger charge is -2.25. The molecule has 14 nitrogen and oxygen atoms in total. The van der Waals surface area contributed by atoms with Crippen molar-refractivity contribution < 1.29 is 34.2 Å². The number of nitrogens with zero attached hydrogens (tertiary/aromatic N) is 1. The van der Waals surface area contributed by atoms with Gasteiger partial charge >= 0.3 is 5.97 Å². The largest absolute Gasteiger partial charge is 0.508 e. The van der Waals surface area contributed by atoms with Crippen molar-refractivity contribution in [3.8, 4) is 17.1 Å². The first-order valence-electron chi connectivity index (χ1n) is 22.2. The zero-order valence-corrected chi connectivity index (χ0v) is 37.5. The maximum Gasteiger partial charge on any atom is 0.326 e. The fraction of sp³-hybridized carbons (Fsp3) is 0.469. The average molecular weight is 866 g/mol. The summed E-state index contributed by atoms with van der Waals surface area (Å²) in [6, 6.07) is 16.8. The van der Waals surface area contributed by atoms with E-state index in [4.69, 9.17) is 5.73 Å². The molecule has 0 saturated heterocycles. The van der Waals surface area contributed by atoms with Crippen LogP contribution in [0.15, 0.2) is 79.0 Å². The Morgan fingerprint density at radius 1 is 0.714 bits per heavy atom. The van der Waals surface area contributed by atoms with Crippen LogP contribution in [-0.2, 0) is 48.7 Å². The van der Waals surface area contributed by atoms with E-state index in [1.54, 1.807) is 18.3 Å². The van der Waals surface area contributed by atoms with Gasteiger partial charge in [-0.05, 0) is 66.8 Å². The van der Waals surface area contributed by atoms with Crippen LogP contribution in [0.4, 0.5) is 0 Å². The number of aliphatic carboxylic acids is 1. The number of hydrogen-bond acceptors (Lipinski definition) is 8. The molecule has 0 aliphatic carbocycles. The van der Waals surface area contributed by atoms with E-state index in [9.17, 15) is 34.2 Å². The number of phenolic OH excluding ortho intramolecular Hbond substituents is 1. The lowest BCUT2D eigenvalue weighted by Crippen LogP contribution is -2.58. The number of aromatic amines is 1. The highest BCUT2D eigenvalue weighted by molar-refractivity contribution is 5.94. The number of H-pyrrole nitrogens is 1. The molecule has 0 radical (unpaired) electrons. The number of unbranched alkanes of at least 4 members (excludes halogenated alkanes) is 5. The fourth-order valence-electron chi connectivity index (χ4n) is 7.08. The third-order valence-electron chi connectivity index (χ3n) is 11.0. The van der Waals surface area contributed by atoms with Crippen LogP contribution in [-0.4, -0.2) is 80.5 Å². The third-order valence-corrected chi connectivity index (χ3v) is 11.0. The van der Waals surface area contributed by atoms with Gasteiger partial charge < -0.3 is 42.2 Å². The molecule has 63 heavy (non-hydrogen) atoms. The maximum absolute atomic E-state index is 14.2. The Bertz CT molecular complexity index is 2080. The van der Waals surface area contributed by atoms with Gasteiger partial charge in [0.05, 0.1) is 6.04 Å². The molecule has 0 aliphatic rings. The van der Waals surface area contributed by atoms with Crippen molar-refractivity contribution in [2.45, 2.75) is 141 Å². The molecule has 9 N–H and O–H groups in total. The molecule has 3 aromatic carbocycles. The molecule has 0 fully saturated rings. The Morgan fingerprint density at radius 2 is 1.30 bits per heavy atom. The lowest BCUT2D eigenvalue weighted by molar-refractivity contribution is -0.142. The fourth-order valence-corrected chi connectivity index (χ4v) is 7.08. The molecular formula is C49H67N7O7. The summed E-state index contributed by atoms with van der Waals surface area (Å²) >= 11 is 0. The number of carboxylic acids is 1. The molecule has 14 heteroatoms. The van der Waals surface area contributed by atoms with Gasteiger partial charge in [0.25, 0.3) is 0 Å². The molecule has 0 saturated carbocycles. The highest BCUT2D eigenvalue weighted by Gasteiger charge is 2.31. The van der Waals surface area contributed by atoms with Gasteiger partial charge in [-0.15, -0.1) is 0 Å². The Balaban J connectivity index is 1.48. The molecule has 1 aromatic heterocycles. The smallest absolute Gasteiger partial charge is 0.326 e. The van der Waals surface area contributed by atoms with Gasteiger partial charge in [-0.3, -0.25) is 19.2 Å². The predicted octanol–water partition coefficient (Wildman–Crippen LogP) is 5.93. The monoisotopic (exact) mass is 866 g/mol. The number of nitrogens with two attached hydrogens (primary N) is 1. The highest BCUT2D eigenvalue weighted by Crippen LogP contribution is 2.25. The minimum atomic E-state index is -1.34. The number of amides is 4. The van der Waals surface area contributed by atoms with Crippen LogP contribution in [0.3, 0.4) is 0 Å². The van der Waals surface area contributed by atoms with Crippen LogP contribution < -0.4 is 27.0 Å². The van der Waals surface area contributed by atoms with Crippen LogP contribution in [0.5, 0.6) is 5.75 Å². The Hall–Kier alpha value is -6.02. The number of aromatic hydroxyl groups is 1. The molecule has 4 unspecified atom stereocenters. The summed E-state index contributed by atoms with van der Waals surface area (Å²) in [4.78, 5) is 74.4. The van der Waals surface area contributed by atoms with E-state index in [-0.39, 0.29) is 42.8 Å². The number of aromatic nitrogens is 2. The summed E-state index contributed by atoms with van der Waals surface area (Å²) in [5.41, 5.74) is 11.4. The van der Waals surface area contributed by atoms with Crippen LogP contribution in [0, 0.1) is 6.92 Å². The number of hydrogen-bond donors (Lipinski definition) is 8. The zero-order chi connectivity index (χ0) is 45.9. The minimum Gasteiger partial charge on any atom is -0.508 e. The van der Waals surface area contributed by atoms with E-state index in [0.29, 0.717) is 42.9 Å². The van der Waals surface area contributed by atoms with Crippen molar-refractivity contribution in [3.63, 3.8) is 0 Å². The van der Waals surface area contributed by atoms with E-state index in [1.165, 1.54) is 17.7 Å². The van der Waals surface area contributed by atoms with Gasteiger partial charge in [0.15, 0.2) is 0 Å². The van der Waals surface area contributed by atoms with Gasteiger partial charge in [0, 0.05) is 49.7 Å². The molecule has 0 bridgehead atoms. The first kappa shape index (κ1) is 49.6. The molecule has 340 valence electrons. The summed E-state index contributed by atoms with van der Waals surface area (Å²) in [6.45, 7) is 10.9. The van der Waals surface area contributed by atoms with Gasteiger partial charge in [0.2, 0.25) is 23.6 Å². The molecular weight excluding hydrogens is 799 g/mol. The number of nitrogens with one attached hydrogen (secondary N) is 5. The Morgan fingerprint density at radius 3 is 1.94 bits per heavy atom. The molecule has 4 rings (SSSR count). The molecule has 4 atom stereocenters. The van der Waals surface area contributed by atoms with Crippen LogP contribution in [0.1, 0.15) is 113 Å². The Labute approximate surface area is 371 Å². The van der Waals surface area contributed by atoms with Gasteiger partial charge in [0.1, 0.15) is 29.7 Å². The number of aryl methyl sites for hydroxylation is 1. The summed E-state index contributed by atoms with van der Waals surface area (Å²) in [6.07, 6.45) is 8.52. The maximum atomic E-state index is 14.2. The number of benzene rings is 3. The van der Waals surface area contributed by atoms with Gasteiger partial charge in [-0.1, -0.05) is 120 Å². The predicted molar refractivity (Wildman–Crippen MR) is 245 cm³/mol. The number of carbonyl (C=O) groups is 5. The number of carbonyl (C=O) groups excluding carboxylic acids is 4. The van der Waals surface area contributed by atoms with Crippen molar-refractivity contribution >= 4 is 29.6 Å². The second-order valence-corrected chi connectivity index (χ2v) is 17.5. The molecule has 0 spiro atoms. The summed E-state index contributed by atoms with van der Waals surface area (Å²) in [5, 5.41) is 30.9. The zero-order valence-electron chi connectivity index (χ0n) is 37.5. The summed E-state index contributed by atoms with van der Waals surface area (Å²) < 4.78 is 0. The van der Waals surface area contributed by atoms with E-state index in [0.717, 1.165) is 48.8 Å². The van der Waals surface area contributed by atoms with Crippen molar-refractivity contribution in [2.24, 2.45) is 5.73 Å². The van der Waals surface area contributed by atoms with E-state index < -0.39 is 47.9 Å². The van der Waals surface area contributed by atoms with Crippen molar-refractivity contribution in [3.05, 3.63) is 107 Å². The number of rotatable bonds is 25. The number of imidazole rings is 1. The second kappa shape index (κ2) is 24.6. The minimum absolute atomic E-state index is 0.00178. The summed E-state index contributed by atoms with van der Waals surface area (Å²) in [5.74, 6) is -2.61. The van der Waals surface area contributed by atoms with Gasteiger partial charge in [-0.2, -0.15) is 0 Å². The third kappa shape index (κ3) is 17.0. The van der Waals surface area contributed by atoms with Crippen molar-refractivity contribution in [2.75, 3.05) is 6.54 Å². The second-order valence-electron chi connectivity index (χ2n) is 17.5. The summed E-state index contributed by atoms with van der Waals surface area (Å²) in [7, 11) is 0. The van der Waals surface area contributed by atoms with Gasteiger partial charge in [-0.25, -0.2) is 9.78 Å². The van der Waals surface area contributed by atoms with Crippen molar-refractivity contribution in [1.82, 2.24) is 31.2 Å². The molecule has 4 amide bonds. The van der Waals surface area contributed by atoms with E-state index in [2.05, 4.69) is 71.1 Å². The average Bonchev–Trinajstić information content (AvgIpc) is 3.72. The van der Waals surface area contributed by atoms with Crippen molar-refractivity contribution in [1.29, 1.82) is 0 Å². The molecule has 1 heterocycles. The Kier molecular flexibility index (Phi) is 19.4. The SMILES string of the molecule is CCCCCCCC(=O)NCCCCC(NC(=O)C(N)Cc1cnc(-c2ccc(C(C)(C)C)cc2)[nH]1)C(=O)NC(Cc1ccc(C)cc1)C(=O)NC(Cc1ccc(O)cc1)C(=O)O. The lowest BCUT2D eigenvalue weighted by atomic mass is 9.87. The topological polar surface area (TPSA) is 229 Å². The molecule has 0 aliphatic heterocycles. The van der Waals surface area contributed by atoms with Crippen LogP contribution in [0.25, 0.3) is 11.4 Å². The quantitative estimate of drug-likeness (QED) is 0.0369.